The van der Waals surface area contributed by atoms with Crippen molar-refractivity contribution in [1.82, 2.24) is 15.5 Å². The minimum Gasteiger partial charge on any atom is -0.481 e. The van der Waals surface area contributed by atoms with Crippen molar-refractivity contribution in [2.24, 2.45) is 17.8 Å². The molecule has 3 saturated carbocycles. The number of urea groups is 2. The Labute approximate surface area is 180 Å². The van der Waals surface area contributed by atoms with Gasteiger partial charge in [-0.05, 0) is 76.0 Å². The van der Waals surface area contributed by atoms with Gasteiger partial charge in [0.15, 0.2) is 0 Å². The fourth-order valence-electron chi connectivity index (χ4n) is 5.57. The minimum atomic E-state index is -0.718. The SMILES string of the molecule is C[C@H]1CC[C@H](N(C(=O)NC(=O)NC[C@H]2CC[C@H](C(=O)O)CC2)C2CCCCC2)CC1. The summed E-state index contributed by atoms with van der Waals surface area (Å²) in [7, 11) is 0. The summed E-state index contributed by atoms with van der Waals surface area (Å²) in [6, 6.07) is -0.182. The van der Waals surface area contributed by atoms with Gasteiger partial charge in [-0.25, -0.2) is 9.59 Å². The third-order valence-corrected chi connectivity index (χ3v) is 7.55. The number of hydrogen-bond acceptors (Lipinski definition) is 3. The second kappa shape index (κ2) is 11.0. The van der Waals surface area contributed by atoms with Crippen LogP contribution in [-0.4, -0.2) is 46.7 Å². The third kappa shape index (κ3) is 6.35. The minimum absolute atomic E-state index is 0.239. The molecule has 0 heterocycles. The molecule has 0 atom stereocenters. The number of carboxylic acid groups (broad SMARTS) is 1. The van der Waals surface area contributed by atoms with Crippen LogP contribution >= 0.6 is 0 Å². The molecule has 0 radical (unpaired) electrons. The van der Waals surface area contributed by atoms with Crippen molar-refractivity contribution in [3.63, 3.8) is 0 Å². The average molecular weight is 422 g/mol. The molecule has 0 bridgehead atoms. The summed E-state index contributed by atoms with van der Waals surface area (Å²) in [4.78, 5) is 38.6. The molecule has 30 heavy (non-hydrogen) atoms. The summed E-state index contributed by atoms with van der Waals surface area (Å²) in [6.45, 7) is 2.77. The van der Waals surface area contributed by atoms with Crippen molar-refractivity contribution in [2.75, 3.05) is 6.54 Å². The van der Waals surface area contributed by atoms with Gasteiger partial charge in [0.1, 0.15) is 0 Å². The van der Waals surface area contributed by atoms with Crippen LogP contribution in [0.4, 0.5) is 9.59 Å². The summed E-state index contributed by atoms with van der Waals surface area (Å²) in [5, 5.41) is 14.5. The third-order valence-electron chi connectivity index (χ3n) is 7.55. The van der Waals surface area contributed by atoms with E-state index in [0.717, 1.165) is 70.1 Å². The molecule has 0 aliphatic heterocycles. The van der Waals surface area contributed by atoms with E-state index in [1.54, 1.807) is 0 Å². The van der Waals surface area contributed by atoms with Gasteiger partial charge in [0.05, 0.1) is 5.92 Å². The Bertz CT molecular complexity index is 589. The van der Waals surface area contributed by atoms with Crippen LogP contribution in [0.25, 0.3) is 0 Å². The maximum absolute atomic E-state index is 13.1. The summed E-state index contributed by atoms with van der Waals surface area (Å²) in [6.07, 6.45) is 12.9. The molecule has 0 aromatic rings. The number of amides is 4. The average Bonchev–Trinajstić information content (AvgIpc) is 2.75. The zero-order valence-corrected chi connectivity index (χ0v) is 18.4. The monoisotopic (exact) mass is 421 g/mol. The van der Waals surface area contributed by atoms with Gasteiger partial charge in [0.25, 0.3) is 0 Å². The predicted molar refractivity (Wildman–Crippen MR) is 115 cm³/mol. The molecule has 3 rings (SSSR count). The lowest BCUT2D eigenvalue weighted by molar-refractivity contribution is -0.143. The number of carbonyl (C=O) groups is 3. The van der Waals surface area contributed by atoms with Crippen molar-refractivity contribution in [1.29, 1.82) is 0 Å². The van der Waals surface area contributed by atoms with E-state index in [1.807, 2.05) is 4.90 Å². The second-order valence-electron chi connectivity index (χ2n) is 9.81. The van der Waals surface area contributed by atoms with E-state index in [4.69, 9.17) is 5.11 Å². The van der Waals surface area contributed by atoms with Crippen molar-refractivity contribution in [3.05, 3.63) is 0 Å². The molecule has 3 N–H and O–H groups in total. The first-order chi connectivity index (χ1) is 14.4. The molecule has 7 nitrogen and oxygen atoms in total. The fourth-order valence-corrected chi connectivity index (χ4v) is 5.57. The molecule has 170 valence electrons. The lowest BCUT2D eigenvalue weighted by Crippen LogP contribution is -2.55. The van der Waals surface area contributed by atoms with Gasteiger partial charge in [-0.1, -0.05) is 26.2 Å². The first kappa shape index (κ1) is 22.9. The Hall–Kier alpha value is -1.79. The molecule has 4 amide bonds. The molecule has 0 unspecified atom stereocenters. The van der Waals surface area contributed by atoms with E-state index < -0.39 is 12.0 Å². The van der Waals surface area contributed by atoms with Gasteiger partial charge >= 0.3 is 18.0 Å². The lowest BCUT2D eigenvalue weighted by atomic mass is 9.82. The van der Waals surface area contributed by atoms with Crippen molar-refractivity contribution < 1.29 is 19.5 Å². The molecule has 7 heteroatoms. The number of rotatable bonds is 5. The van der Waals surface area contributed by atoms with E-state index in [2.05, 4.69) is 17.6 Å². The highest BCUT2D eigenvalue weighted by Crippen LogP contribution is 2.32. The van der Waals surface area contributed by atoms with Gasteiger partial charge in [0.2, 0.25) is 0 Å². The van der Waals surface area contributed by atoms with Gasteiger partial charge < -0.3 is 15.3 Å². The van der Waals surface area contributed by atoms with E-state index >= 15 is 0 Å². The number of imide groups is 1. The largest absolute Gasteiger partial charge is 0.481 e. The predicted octanol–water partition coefficient (Wildman–Crippen LogP) is 4.51. The van der Waals surface area contributed by atoms with Gasteiger partial charge in [-0.2, -0.15) is 0 Å². The Morgan fingerprint density at radius 2 is 1.43 bits per heavy atom. The quantitative estimate of drug-likeness (QED) is 0.608. The highest BCUT2D eigenvalue weighted by molar-refractivity contribution is 5.93. The Kier molecular flexibility index (Phi) is 8.40. The topological polar surface area (TPSA) is 98.7 Å². The molecule has 0 aromatic heterocycles. The maximum Gasteiger partial charge on any atom is 0.325 e. The number of nitrogens with zero attached hydrogens (tertiary/aromatic N) is 1. The Morgan fingerprint density at radius 3 is 2.03 bits per heavy atom. The van der Waals surface area contributed by atoms with Crippen LogP contribution in [0.3, 0.4) is 0 Å². The van der Waals surface area contributed by atoms with Gasteiger partial charge in [-0.3, -0.25) is 10.1 Å². The van der Waals surface area contributed by atoms with Gasteiger partial charge in [-0.15, -0.1) is 0 Å². The maximum atomic E-state index is 13.1. The number of nitrogens with one attached hydrogen (secondary N) is 2. The van der Waals surface area contributed by atoms with Crippen LogP contribution < -0.4 is 10.6 Å². The second-order valence-corrected chi connectivity index (χ2v) is 9.81. The fraction of sp³-hybridized carbons (Fsp3) is 0.870. The lowest BCUT2D eigenvalue weighted by Gasteiger charge is -2.42. The van der Waals surface area contributed by atoms with Crippen LogP contribution in [0.5, 0.6) is 0 Å². The molecule has 0 spiro atoms. The van der Waals surface area contributed by atoms with E-state index in [9.17, 15) is 14.4 Å². The van der Waals surface area contributed by atoms with E-state index in [1.165, 1.54) is 6.42 Å². The molecule has 0 aromatic carbocycles. The molecule has 3 fully saturated rings. The van der Waals surface area contributed by atoms with Crippen LogP contribution in [-0.2, 0) is 4.79 Å². The van der Waals surface area contributed by atoms with Crippen molar-refractivity contribution in [2.45, 2.75) is 102 Å². The standard InChI is InChI=1S/C23H39N3O4/c1-16-7-13-20(14-8-16)26(19-5-3-2-4-6-19)23(30)25-22(29)24-15-17-9-11-18(12-10-17)21(27)28/h16-20H,2-15H2,1H3,(H,27,28)(H2,24,25,29,30)/t16-,17-,18-,20-. The van der Waals surface area contributed by atoms with Crippen LogP contribution in [0.1, 0.15) is 90.4 Å². The molecular weight excluding hydrogens is 382 g/mol. The van der Waals surface area contributed by atoms with Crippen LogP contribution in [0.2, 0.25) is 0 Å². The summed E-state index contributed by atoms with van der Waals surface area (Å²) in [5.41, 5.74) is 0. The number of carboxylic acids is 1. The smallest absolute Gasteiger partial charge is 0.325 e. The van der Waals surface area contributed by atoms with E-state index in [-0.39, 0.29) is 30.0 Å². The molecule has 3 aliphatic carbocycles. The molecule has 0 saturated heterocycles. The zero-order chi connectivity index (χ0) is 21.5. The zero-order valence-electron chi connectivity index (χ0n) is 18.4. The number of carbonyl (C=O) groups excluding carboxylic acids is 2. The van der Waals surface area contributed by atoms with E-state index in [0.29, 0.717) is 19.4 Å². The first-order valence-electron chi connectivity index (χ1n) is 12.0. The summed E-state index contributed by atoms with van der Waals surface area (Å²) >= 11 is 0. The highest BCUT2D eigenvalue weighted by atomic mass is 16.4. The first-order valence-corrected chi connectivity index (χ1v) is 12.0. The number of hydrogen-bond donors (Lipinski definition) is 3. The van der Waals surface area contributed by atoms with Gasteiger partial charge in [0, 0.05) is 18.6 Å². The Balaban J connectivity index is 1.49. The molecule has 3 aliphatic rings. The summed E-state index contributed by atoms with van der Waals surface area (Å²) in [5.74, 6) is 0.0383. The normalized spacial score (nSPS) is 30.3. The Morgan fingerprint density at radius 1 is 0.833 bits per heavy atom. The highest BCUT2D eigenvalue weighted by Gasteiger charge is 2.34. The number of aliphatic carboxylic acids is 1. The van der Waals surface area contributed by atoms with Crippen LogP contribution in [0, 0.1) is 17.8 Å². The van der Waals surface area contributed by atoms with Crippen molar-refractivity contribution in [3.8, 4) is 0 Å². The van der Waals surface area contributed by atoms with Crippen molar-refractivity contribution >= 4 is 18.0 Å². The summed E-state index contributed by atoms with van der Waals surface area (Å²) < 4.78 is 0. The van der Waals surface area contributed by atoms with Crippen LogP contribution in [0.15, 0.2) is 0 Å². The molecular formula is C23H39N3O4.